The first kappa shape index (κ1) is 15.6. The van der Waals surface area contributed by atoms with Crippen molar-refractivity contribution < 1.29 is 12.8 Å². The summed E-state index contributed by atoms with van der Waals surface area (Å²) >= 11 is 5.85. The van der Waals surface area contributed by atoms with Gasteiger partial charge in [-0.1, -0.05) is 17.7 Å². The number of rotatable bonds is 3. The third-order valence-electron chi connectivity index (χ3n) is 3.11. The Morgan fingerprint density at radius 3 is 2.48 bits per heavy atom. The summed E-state index contributed by atoms with van der Waals surface area (Å²) in [5, 5.41) is 0.396. The van der Waals surface area contributed by atoms with Crippen molar-refractivity contribution >= 4 is 33.0 Å². The van der Waals surface area contributed by atoms with E-state index in [4.69, 9.17) is 17.3 Å². The molecule has 0 aliphatic carbocycles. The molecule has 2 rings (SSSR count). The second kappa shape index (κ2) is 5.54. The number of anilines is 2. The molecule has 0 aliphatic rings. The number of nitrogens with one attached hydrogen (secondary N) is 1. The van der Waals surface area contributed by atoms with E-state index in [9.17, 15) is 12.8 Å². The van der Waals surface area contributed by atoms with E-state index in [2.05, 4.69) is 4.72 Å². The minimum absolute atomic E-state index is 0.0817. The average molecular weight is 329 g/mol. The third-order valence-corrected chi connectivity index (χ3v) is 4.69. The smallest absolute Gasteiger partial charge is 0.262 e. The first-order valence-electron chi connectivity index (χ1n) is 6.05. The SMILES string of the molecule is Cc1ccc(Cl)cc1NS(=O)(=O)c1cc(N)c(C)c(F)c1. The van der Waals surface area contributed by atoms with E-state index < -0.39 is 15.8 Å². The van der Waals surface area contributed by atoms with E-state index >= 15 is 0 Å². The summed E-state index contributed by atoms with van der Waals surface area (Å²) in [7, 11) is -3.94. The summed E-state index contributed by atoms with van der Waals surface area (Å²) in [5.74, 6) is -0.668. The molecule has 0 spiro atoms. The molecule has 0 atom stereocenters. The van der Waals surface area contributed by atoms with Crippen LogP contribution in [0.2, 0.25) is 5.02 Å². The molecule has 112 valence electrons. The molecule has 2 aromatic rings. The normalized spacial score (nSPS) is 11.4. The van der Waals surface area contributed by atoms with Crippen LogP contribution in [0.15, 0.2) is 35.2 Å². The fourth-order valence-corrected chi connectivity index (χ4v) is 3.08. The van der Waals surface area contributed by atoms with E-state index in [-0.39, 0.29) is 16.1 Å². The maximum Gasteiger partial charge on any atom is 0.262 e. The highest BCUT2D eigenvalue weighted by atomic mass is 35.5. The Balaban J connectivity index is 2.46. The van der Waals surface area contributed by atoms with Crippen LogP contribution in [-0.2, 0) is 10.0 Å². The predicted octanol–water partition coefficient (Wildman–Crippen LogP) is 3.48. The van der Waals surface area contributed by atoms with Crippen LogP contribution in [-0.4, -0.2) is 8.42 Å². The van der Waals surface area contributed by atoms with E-state index in [0.717, 1.165) is 6.07 Å². The molecule has 0 unspecified atom stereocenters. The summed E-state index contributed by atoms with van der Waals surface area (Å²) in [4.78, 5) is -0.234. The Bertz CT molecular complexity index is 784. The van der Waals surface area contributed by atoms with E-state index in [1.165, 1.54) is 19.1 Å². The van der Waals surface area contributed by atoms with Gasteiger partial charge in [0.25, 0.3) is 10.0 Å². The molecule has 21 heavy (non-hydrogen) atoms. The maximum absolute atomic E-state index is 13.7. The lowest BCUT2D eigenvalue weighted by Crippen LogP contribution is -2.15. The highest BCUT2D eigenvalue weighted by Gasteiger charge is 2.18. The molecule has 0 fully saturated rings. The van der Waals surface area contributed by atoms with Gasteiger partial charge in [0.05, 0.1) is 10.6 Å². The molecular formula is C14H14ClFN2O2S. The zero-order valence-corrected chi connectivity index (χ0v) is 13.0. The van der Waals surface area contributed by atoms with E-state index in [1.807, 2.05) is 0 Å². The van der Waals surface area contributed by atoms with E-state index in [1.54, 1.807) is 19.1 Å². The van der Waals surface area contributed by atoms with Gasteiger partial charge >= 0.3 is 0 Å². The number of benzene rings is 2. The Morgan fingerprint density at radius 1 is 1.19 bits per heavy atom. The molecule has 0 saturated heterocycles. The highest BCUT2D eigenvalue weighted by Crippen LogP contribution is 2.26. The quantitative estimate of drug-likeness (QED) is 0.847. The van der Waals surface area contributed by atoms with Crippen molar-refractivity contribution in [1.29, 1.82) is 0 Å². The zero-order chi connectivity index (χ0) is 15.8. The highest BCUT2D eigenvalue weighted by molar-refractivity contribution is 7.92. The number of hydrogen-bond donors (Lipinski definition) is 2. The standard InChI is InChI=1S/C14H14ClFN2O2S/c1-8-3-4-10(15)5-14(8)18-21(19,20)11-6-12(16)9(2)13(17)7-11/h3-7,18H,17H2,1-2H3. The molecule has 0 heterocycles. The Hall–Kier alpha value is -1.79. The molecule has 7 heteroatoms. The van der Waals surface area contributed by atoms with Gasteiger partial charge < -0.3 is 5.73 Å². The van der Waals surface area contributed by atoms with Crippen molar-refractivity contribution in [2.45, 2.75) is 18.7 Å². The van der Waals surface area contributed by atoms with Crippen LogP contribution < -0.4 is 10.5 Å². The van der Waals surface area contributed by atoms with Gasteiger partial charge in [0.1, 0.15) is 5.82 Å². The van der Waals surface area contributed by atoms with Gasteiger partial charge in [-0.25, -0.2) is 12.8 Å². The van der Waals surface area contributed by atoms with Gasteiger partial charge in [-0.15, -0.1) is 0 Å². The Kier molecular flexibility index (Phi) is 4.11. The number of halogens is 2. The average Bonchev–Trinajstić information content (AvgIpc) is 2.39. The summed E-state index contributed by atoms with van der Waals surface area (Å²) in [6.07, 6.45) is 0. The van der Waals surface area contributed by atoms with Crippen LogP contribution in [0, 0.1) is 19.7 Å². The maximum atomic E-state index is 13.7. The summed E-state index contributed by atoms with van der Waals surface area (Å²) < 4.78 is 40.7. The van der Waals surface area contributed by atoms with Crippen molar-refractivity contribution in [2.75, 3.05) is 10.5 Å². The fourth-order valence-electron chi connectivity index (χ4n) is 1.74. The first-order chi connectivity index (χ1) is 9.70. The predicted molar refractivity (Wildman–Crippen MR) is 82.5 cm³/mol. The molecule has 3 N–H and O–H groups in total. The Morgan fingerprint density at radius 2 is 1.86 bits per heavy atom. The second-order valence-corrected chi connectivity index (χ2v) is 6.80. The molecule has 2 aromatic carbocycles. The van der Waals surface area contributed by atoms with Crippen molar-refractivity contribution in [3.63, 3.8) is 0 Å². The molecule has 0 aromatic heterocycles. The van der Waals surface area contributed by atoms with Crippen molar-refractivity contribution in [2.24, 2.45) is 0 Å². The van der Waals surface area contributed by atoms with E-state index in [0.29, 0.717) is 16.3 Å². The lowest BCUT2D eigenvalue weighted by atomic mass is 10.2. The van der Waals surface area contributed by atoms with Crippen molar-refractivity contribution in [3.05, 3.63) is 52.3 Å². The molecule has 0 radical (unpaired) electrons. The first-order valence-corrected chi connectivity index (χ1v) is 7.91. The van der Waals surface area contributed by atoms with Gasteiger partial charge in [-0.2, -0.15) is 0 Å². The number of aryl methyl sites for hydroxylation is 1. The zero-order valence-electron chi connectivity index (χ0n) is 11.4. The van der Waals surface area contributed by atoms with Crippen molar-refractivity contribution in [3.8, 4) is 0 Å². The molecule has 0 saturated carbocycles. The topological polar surface area (TPSA) is 72.2 Å². The van der Waals surface area contributed by atoms with Gasteiger partial charge in [-0.05, 0) is 43.7 Å². The van der Waals surface area contributed by atoms with Crippen molar-refractivity contribution in [1.82, 2.24) is 0 Å². The van der Waals surface area contributed by atoms with Gasteiger partial charge in [0, 0.05) is 16.3 Å². The van der Waals surface area contributed by atoms with Crippen LogP contribution >= 0.6 is 11.6 Å². The molecular weight excluding hydrogens is 315 g/mol. The third kappa shape index (κ3) is 3.28. The summed E-state index contributed by atoms with van der Waals surface area (Å²) in [5.41, 5.74) is 6.94. The largest absolute Gasteiger partial charge is 0.398 e. The lowest BCUT2D eigenvalue weighted by Gasteiger charge is -2.12. The van der Waals surface area contributed by atoms with Crippen LogP contribution in [0.3, 0.4) is 0 Å². The number of nitrogens with two attached hydrogens (primary N) is 1. The molecule has 0 aliphatic heterocycles. The molecule has 4 nitrogen and oxygen atoms in total. The van der Waals surface area contributed by atoms with Gasteiger partial charge in [0.15, 0.2) is 0 Å². The number of nitrogen functional groups attached to an aromatic ring is 1. The monoisotopic (exact) mass is 328 g/mol. The number of hydrogen-bond acceptors (Lipinski definition) is 3. The van der Waals surface area contributed by atoms with Crippen LogP contribution in [0.25, 0.3) is 0 Å². The van der Waals surface area contributed by atoms with Crippen LogP contribution in [0.4, 0.5) is 15.8 Å². The van der Waals surface area contributed by atoms with Crippen LogP contribution in [0.5, 0.6) is 0 Å². The molecule has 0 amide bonds. The van der Waals surface area contributed by atoms with Gasteiger partial charge in [-0.3, -0.25) is 4.72 Å². The summed E-state index contributed by atoms with van der Waals surface area (Å²) in [6.45, 7) is 3.22. The fraction of sp³-hybridized carbons (Fsp3) is 0.143. The van der Waals surface area contributed by atoms with Crippen LogP contribution in [0.1, 0.15) is 11.1 Å². The van der Waals surface area contributed by atoms with Gasteiger partial charge in [0.2, 0.25) is 0 Å². The second-order valence-electron chi connectivity index (χ2n) is 4.68. The summed E-state index contributed by atoms with van der Waals surface area (Å²) in [6, 6.07) is 6.99. The molecule has 0 bridgehead atoms. The number of sulfonamides is 1. The lowest BCUT2D eigenvalue weighted by molar-refractivity contribution is 0.593. The minimum atomic E-state index is -3.94. The Labute approximate surface area is 127 Å². The minimum Gasteiger partial charge on any atom is -0.398 e.